The van der Waals surface area contributed by atoms with Gasteiger partial charge in [0.15, 0.2) is 0 Å². The van der Waals surface area contributed by atoms with Gasteiger partial charge in [0.05, 0.1) is 24.0 Å². The lowest BCUT2D eigenvalue weighted by Gasteiger charge is -2.15. The number of aryl methyl sites for hydroxylation is 2. The second-order valence-electron chi connectivity index (χ2n) is 5.40. The zero-order chi connectivity index (χ0) is 16.1. The number of nitrogens with one attached hydrogen (secondary N) is 1. The van der Waals surface area contributed by atoms with Gasteiger partial charge in [-0.25, -0.2) is 0 Å². The van der Waals surface area contributed by atoms with Crippen molar-refractivity contribution >= 4 is 11.6 Å². The van der Waals surface area contributed by atoms with Gasteiger partial charge in [-0.05, 0) is 45.9 Å². The fourth-order valence-electron chi connectivity index (χ4n) is 2.50. The fraction of sp³-hybridized carbons (Fsp3) is 0.412. The molecule has 1 unspecified atom stereocenters. The lowest BCUT2D eigenvalue weighted by Crippen LogP contribution is -2.19. The normalized spacial score (nSPS) is 12.0. The zero-order valence-corrected chi connectivity index (χ0v) is 13.6. The number of carbonyl (C=O) groups is 1. The van der Waals surface area contributed by atoms with Crippen LogP contribution >= 0.6 is 0 Å². The standard InChI is InChI=1S/C17H23N3O2/c1-5-22-16-9-7-6-8-15(16)18-17(21)11-14(4)20-13(3)10-12(2)19-20/h6-10,14H,5,11H2,1-4H3,(H,18,21). The number of benzene rings is 1. The van der Waals surface area contributed by atoms with E-state index in [4.69, 9.17) is 4.74 Å². The van der Waals surface area contributed by atoms with E-state index in [-0.39, 0.29) is 11.9 Å². The Morgan fingerprint density at radius 3 is 2.73 bits per heavy atom. The molecule has 1 aromatic heterocycles. The minimum absolute atomic E-state index is 0.00737. The van der Waals surface area contributed by atoms with Crippen LogP contribution in [0.1, 0.15) is 37.7 Å². The van der Waals surface area contributed by atoms with Crippen LogP contribution in [-0.4, -0.2) is 22.3 Å². The maximum atomic E-state index is 12.3. The minimum atomic E-state index is -0.0489. The largest absolute Gasteiger partial charge is 0.492 e. The van der Waals surface area contributed by atoms with E-state index in [0.717, 1.165) is 11.4 Å². The van der Waals surface area contributed by atoms with Crippen molar-refractivity contribution in [2.24, 2.45) is 0 Å². The zero-order valence-electron chi connectivity index (χ0n) is 13.6. The second-order valence-corrected chi connectivity index (χ2v) is 5.40. The molecule has 0 spiro atoms. The van der Waals surface area contributed by atoms with Crippen molar-refractivity contribution in [3.63, 3.8) is 0 Å². The summed E-state index contributed by atoms with van der Waals surface area (Å²) < 4.78 is 7.41. The van der Waals surface area contributed by atoms with Gasteiger partial charge in [-0.1, -0.05) is 12.1 Å². The molecule has 118 valence electrons. The average Bonchev–Trinajstić information content (AvgIpc) is 2.80. The molecule has 2 aromatic rings. The Balaban J connectivity index is 2.02. The van der Waals surface area contributed by atoms with Gasteiger partial charge in [-0.15, -0.1) is 0 Å². The Morgan fingerprint density at radius 2 is 2.09 bits per heavy atom. The second kappa shape index (κ2) is 7.11. The Hall–Kier alpha value is -2.30. The maximum absolute atomic E-state index is 12.3. The monoisotopic (exact) mass is 301 g/mol. The first-order chi connectivity index (χ1) is 10.5. The smallest absolute Gasteiger partial charge is 0.226 e. The molecule has 0 fully saturated rings. The van der Waals surface area contributed by atoms with Crippen LogP contribution in [0.3, 0.4) is 0 Å². The van der Waals surface area contributed by atoms with Gasteiger partial charge < -0.3 is 10.1 Å². The van der Waals surface area contributed by atoms with Gasteiger partial charge >= 0.3 is 0 Å². The molecule has 22 heavy (non-hydrogen) atoms. The molecule has 2 rings (SSSR count). The SMILES string of the molecule is CCOc1ccccc1NC(=O)CC(C)n1nc(C)cc1C. The predicted molar refractivity (Wildman–Crippen MR) is 87.3 cm³/mol. The number of rotatable bonds is 6. The lowest BCUT2D eigenvalue weighted by atomic mass is 10.2. The Labute approximate surface area is 131 Å². The van der Waals surface area contributed by atoms with Gasteiger partial charge in [0.1, 0.15) is 5.75 Å². The van der Waals surface area contributed by atoms with Crippen LogP contribution in [0.15, 0.2) is 30.3 Å². The summed E-state index contributed by atoms with van der Waals surface area (Å²) in [6, 6.07) is 9.48. The summed E-state index contributed by atoms with van der Waals surface area (Å²) >= 11 is 0. The molecule has 1 N–H and O–H groups in total. The number of ether oxygens (including phenoxy) is 1. The highest BCUT2D eigenvalue weighted by Crippen LogP contribution is 2.24. The van der Waals surface area contributed by atoms with Crippen molar-refractivity contribution in [1.82, 2.24) is 9.78 Å². The molecule has 0 saturated carbocycles. The summed E-state index contributed by atoms with van der Waals surface area (Å²) in [5.41, 5.74) is 2.73. The third-order valence-corrected chi connectivity index (χ3v) is 3.40. The van der Waals surface area contributed by atoms with E-state index in [9.17, 15) is 4.79 Å². The Bertz CT molecular complexity index is 649. The molecule has 0 saturated heterocycles. The first-order valence-electron chi connectivity index (χ1n) is 7.55. The third-order valence-electron chi connectivity index (χ3n) is 3.40. The van der Waals surface area contributed by atoms with E-state index in [1.165, 1.54) is 0 Å². The molecule has 0 radical (unpaired) electrons. The molecule has 0 aliphatic carbocycles. The molecular weight excluding hydrogens is 278 g/mol. The molecule has 5 heteroatoms. The van der Waals surface area contributed by atoms with Crippen LogP contribution in [0.5, 0.6) is 5.75 Å². The van der Waals surface area contributed by atoms with Gasteiger partial charge in [0.2, 0.25) is 5.91 Å². The highest BCUT2D eigenvalue weighted by atomic mass is 16.5. The van der Waals surface area contributed by atoms with Crippen molar-refractivity contribution in [2.45, 2.75) is 40.2 Å². The highest BCUT2D eigenvalue weighted by Gasteiger charge is 2.15. The van der Waals surface area contributed by atoms with Crippen molar-refractivity contribution in [2.75, 3.05) is 11.9 Å². The number of carbonyl (C=O) groups excluding carboxylic acids is 1. The summed E-state index contributed by atoms with van der Waals surface area (Å²) in [7, 11) is 0. The first kappa shape index (κ1) is 16.1. The summed E-state index contributed by atoms with van der Waals surface area (Å²) in [5.74, 6) is 0.643. The Kier molecular flexibility index (Phi) is 5.20. The van der Waals surface area contributed by atoms with Crippen LogP contribution in [0.25, 0.3) is 0 Å². The molecule has 0 aliphatic heterocycles. The molecule has 5 nitrogen and oxygen atoms in total. The van der Waals surface area contributed by atoms with Crippen LogP contribution in [-0.2, 0) is 4.79 Å². The topological polar surface area (TPSA) is 56.1 Å². The average molecular weight is 301 g/mol. The summed E-state index contributed by atoms with van der Waals surface area (Å²) in [4.78, 5) is 12.3. The third kappa shape index (κ3) is 3.87. The molecule has 1 atom stereocenters. The van der Waals surface area contributed by atoms with E-state index in [2.05, 4.69) is 10.4 Å². The summed E-state index contributed by atoms with van der Waals surface area (Å²) in [6.45, 7) is 8.43. The van der Waals surface area contributed by atoms with Gasteiger partial charge in [-0.2, -0.15) is 5.10 Å². The first-order valence-corrected chi connectivity index (χ1v) is 7.55. The number of anilines is 1. The quantitative estimate of drug-likeness (QED) is 0.888. The minimum Gasteiger partial charge on any atom is -0.492 e. The molecule has 1 aromatic carbocycles. The molecular formula is C17H23N3O2. The fourth-order valence-corrected chi connectivity index (χ4v) is 2.50. The molecule has 0 aliphatic rings. The summed E-state index contributed by atoms with van der Waals surface area (Å²) in [6.07, 6.45) is 0.364. The van der Waals surface area contributed by atoms with Crippen molar-refractivity contribution in [1.29, 1.82) is 0 Å². The number of aromatic nitrogens is 2. The van der Waals surface area contributed by atoms with Gasteiger partial charge in [0, 0.05) is 12.1 Å². The molecule has 1 heterocycles. The molecule has 1 amide bonds. The van der Waals surface area contributed by atoms with E-state index in [0.29, 0.717) is 24.5 Å². The van der Waals surface area contributed by atoms with E-state index >= 15 is 0 Å². The highest BCUT2D eigenvalue weighted by molar-refractivity contribution is 5.92. The van der Waals surface area contributed by atoms with Crippen LogP contribution in [0.4, 0.5) is 5.69 Å². The maximum Gasteiger partial charge on any atom is 0.226 e. The van der Waals surface area contributed by atoms with Crippen molar-refractivity contribution < 1.29 is 9.53 Å². The summed E-state index contributed by atoms with van der Waals surface area (Å²) in [5, 5.41) is 7.35. The van der Waals surface area contributed by atoms with Crippen LogP contribution < -0.4 is 10.1 Å². The lowest BCUT2D eigenvalue weighted by molar-refractivity contribution is -0.116. The Morgan fingerprint density at radius 1 is 1.36 bits per heavy atom. The van der Waals surface area contributed by atoms with Crippen molar-refractivity contribution in [3.05, 3.63) is 41.7 Å². The van der Waals surface area contributed by atoms with Gasteiger partial charge in [-0.3, -0.25) is 9.48 Å². The predicted octanol–water partition coefficient (Wildman–Crippen LogP) is 3.49. The van der Waals surface area contributed by atoms with E-state index in [1.54, 1.807) is 0 Å². The van der Waals surface area contributed by atoms with E-state index < -0.39 is 0 Å². The number of nitrogens with zero attached hydrogens (tertiary/aromatic N) is 2. The van der Waals surface area contributed by atoms with Crippen LogP contribution in [0, 0.1) is 13.8 Å². The molecule has 0 bridgehead atoms. The number of hydrogen-bond acceptors (Lipinski definition) is 3. The number of amides is 1. The number of para-hydroxylation sites is 2. The van der Waals surface area contributed by atoms with Crippen LogP contribution in [0.2, 0.25) is 0 Å². The van der Waals surface area contributed by atoms with Crippen molar-refractivity contribution in [3.8, 4) is 5.75 Å². The number of hydrogen-bond donors (Lipinski definition) is 1. The van der Waals surface area contributed by atoms with E-state index in [1.807, 2.05) is 62.7 Å². The van der Waals surface area contributed by atoms with Gasteiger partial charge in [0.25, 0.3) is 0 Å².